The molecule has 1 heterocycles. The van der Waals surface area contributed by atoms with E-state index in [1.165, 1.54) is 6.20 Å². The SMILES string of the molecule is NS(=O)(=O)c1cnc(C(O)C2CC2)s1. The number of aliphatic hydroxyl groups excluding tert-OH is 1. The van der Waals surface area contributed by atoms with Crippen molar-refractivity contribution in [1.29, 1.82) is 0 Å². The van der Waals surface area contributed by atoms with E-state index >= 15 is 0 Å². The lowest BCUT2D eigenvalue weighted by molar-refractivity contribution is 0.153. The number of aromatic nitrogens is 1. The smallest absolute Gasteiger partial charge is 0.249 e. The summed E-state index contributed by atoms with van der Waals surface area (Å²) in [7, 11) is -3.68. The van der Waals surface area contributed by atoms with Crippen LogP contribution in [0.3, 0.4) is 0 Å². The van der Waals surface area contributed by atoms with Crippen molar-refractivity contribution in [1.82, 2.24) is 4.98 Å². The Morgan fingerprint density at radius 2 is 2.29 bits per heavy atom. The van der Waals surface area contributed by atoms with Gasteiger partial charge in [0.15, 0.2) is 4.21 Å². The van der Waals surface area contributed by atoms with E-state index in [9.17, 15) is 13.5 Å². The first-order chi connectivity index (χ1) is 6.48. The summed E-state index contributed by atoms with van der Waals surface area (Å²) in [5, 5.41) is 15.0. The van der Waals surface area contributed by atoms with Crippen molar-refractivity contribution in [3.8, 4) is 0 Å². The molecule has 0 aromatic carbocycles. The molecule has 0 amide bonds. The standard InChI is InChI=1S/C7H10N2O3S2/c8-14(11,12)5-3-9-7(13-5)6(10)4-1-2-4/h3-4,6,10H,1-2H2,(H2,8,11,12). The molecule has 1 saturated carbocycles. The number of thiazole rings is 1. The summed E-state index contributed by atoms with van der Waals surface area (Å²) < 4.78 is 21.8. The lowest BCUT2D eigenvalue weighted by Gasteiger charge is -2.02. The van der Waals surface area contributed by atoms with E-state index in [1.807, 2.05) is 0 Å². The molecule has 14 heavy (non-hydrogen) atoms. The molecule has 0 saturated heterocycles. The van der Waals surface area contributed by atoms with E-state index in [-0.39, 0.29) is 10.1 Å². The molecule has 2 rings (SSSR count). The third-order valence-corrected chi connectivity index (χ3v) is 4.58. The molecular formula is C7H10N2O3S2. The van der Waals surface area contributed by atoms with Gasteiger partial charge in [0.05, 0.1) is 6.20 Å². The first-order valence-electron chi connectivity index (χ1n) is 4.15. The van der Waals surface area contributed by atoms with E-state index in [2.05, 4.69) is 4.98 Å². The molecule has 0 aliphatic heterocycles. The van der Waals surface area contributed by atoms with E-state index < -0.39 is 16.1 Å². The second-order valence-corrected chi connectivity index (χ2v) is 6.20. The van der Waals surface area contributed by atoms with Gasteiger partial charge in [-0.05, 0) is 18.8 Å². The average molecular weight is 234 g/mol. The molecule has 0 bridgehead atoms. The Balaban J connectivity index is 2.25. The molecule has 1 aliphatic rings. The minimum absolute atomic E-state index is 0.00667. The van der Waals surface area contributed by atoms with Crippen LogP contribution in [0, 0.1) is 5.92 Å². The van der Waals surface area contributed by atoms with Gasteiger partial charge in [-0.25, -0.2) is 18.5 Å². The van der Waals surface area contributed by atoms with Gasteiger partial charge in [-0.3, -0.25) is 0 Å². The van der Waals surface area contributed by atoms with Crippen LogP contribution >= 0.6 is 11.3 Å². The second-order valence-electron chi connectivity index (χ2n) is 3.34. The van der Waals surface area contributed by atoms with Crippen LogP contribution in [0.25, 0.3) is 0 Å². The van der Waals surface area contributed by atoms with Crippen molar-refractivity contribution in [2.45, 2.75) is 23.2 Å². The predicted octanol–water partition coefficient (Wildman–Crippen LogP) is 0.234. The Bertz CT molecular complexity index is 436. The minimum Gasteiger partial charge on any atom is -0.386 e. The molecular weight excluding hydrogens is 224 g/mol. The zero-order valence-electron chi connectivity index (χ0n) is 7.25. The molecule has 1 unspecified atom stereocenters. The summed E-state index contributed by atoms with van der Waals surface area (Å²) in [6.07, 6.45) is 2.52. The molecule has 1 fully saturated rings. The highest BCUT2D eigenvalue weighted by molar-refractivity contribution is 7.91. The van der Waals surface area contributed by atoms with Crippen LogP contribution in [0.4, 0.5) is 0 Å². The Morgan fingerprint density at radius 1 is 1.64 bits per heavy atom. The van der Waals surface area contributed by atoms with Crippen LogP contribution in [0.1, 0.15) is 24.0 Å². The summed E-state index contributed by atoms with van der Waals surface area (Å²) in [6.45, 7) is 0. The van der Waals surface area contributed by atoms with E-state index in [4.69, 9.17) is 5.14 Å². The summed E-state index contributed by atoms with van der Waals surface area (Å²) >= 11 is 0.942. The predicted molar refractivity (Wildman–Crippen MR) is 51.2 cm³/mol. The van der Waals surface area contributed by atoms with Crippen molar-refractivity contribution in [2.24, 2.45) is 11.1 Å². The fourth-order valence-corrected chi connectivity index (χ4v) is 2.80. The van der Waals surface area contributed by atoms with E-state index in [1.54, 1.807) is 0 Å². The molecule has 78 valence electrons. The van der Waals surface area contributed by atoms with Crippen molar-refractivity contribution in [2.75, 3.05) is 0 Å². The molecule has 1 aromatic rings. The second kappa shape index (κ2) is 3.27. The summed E-state index contributed by atoms with van der Waals surface area (Å²) in [5.41, 5.74) is 0. The molecule has 5 nitrogen and oxygen atoms in total. The van der Waals surface area contributed by atoms with Gasteiger partial charge in [0, 0.05) is 0 Å². The molecule has 0 spiro atoms. The number of aliphatic hydroxyl groups is 1. The lowest BCUT2D eigenvalue weighted by Crippen LogP contribution is -2.09. The zero-order valence-corrected chi connectivity index (χ0v) is 8.88. The Labute approximate surface area is 85.6 Å². The fraction of sp³-hybridized carbons (Fsp3) is 0.571. The Hall–Kier alpha value is -0.500. The quantitative estimate of drug-likeness (QED) is 0.783. The Morgan fingerprint density at radius 3 is 2.71 bits per heavy atom. The maximum absolute atomic E-state index is 10.9. The van der Waals surface area contributed by atoms with Crippen molar-refractivity contribution < 1.29 is 13.5 Å². The highest BCUT2D eigenvalue weighted by Gasteiger charge is 2.33. The van der Waals surface area contributed by atoms with Crippen molar-refractivity contribution in [3.05, 3.63) is 11.2 Å². The highest BCUT2D eigenvalue weighted by Crippen LogP contribution is 2.42. The maximum Gasteiger partial charge on any atom is 0.249 e. The first-order valence-corrected chi connectivity index (χ1v) is 6.51. The topological polar surface area (TPSA) is 93.3 Å². The number of nitrogens with zero attached hydrogens (tertiary/aromatic N) is 1. The minimum atomic E-state index is -3.68. The number of hydrogen-bond donors (Lipinski definition) is 2. The van der Waals surface area contributed by atoms with Gasteiger partial charge in [0.25, 0.3) is 0 Å². The third-order valence-electron chi connectivity index (χ3n) is 2.10. The van der Waals surface area contributed by atoms with Crippen LogP contribution in [0.2, 0.25) is 0 Å². The van der Waals surface area contributed by atoms with Gasteiger partial charge in [0.2, 0.25) is 10.0 Å². The molecule has 1 atom stereocenters. The zero-order chi connectivity index (χ0) is 10.3. The molecule has 3 N–H and O–H groups in total. The summed E-state index contributed by atoms with van der Waals surface area (Å²) in [4.78, 5) is 3.85. The summed E-state index contributed by atoms with van der Waals surface area (Å²) in [5.74, 6) is 0.245. The summed E-state index contributed by atoms with van der Waals surface area (Å²) in [6, 6.07) is 0. The lowest BCUT2D eigenvalue weighted by atomic mass is 10.2. The number of rotatable bonds is 3. The monoisotopic (exact) mass is 234 g/mol. The maximum atomic E-state index is 10.9. The molecule has 7 heteroatoms. The van der Waals surface area contributed by atoms with Gasteiger partial charge in [-0.1, -0.05) is 0 Å². The number of sulfonamides is 1. The highest BCUT2D eigenvalue weighted by atomic mass is 32.2. The molecule has 0 radical (unpaired) electrons. The van der Waals surface area contributed by atoms with Crippen LogP contribution < -0.4 is 5.14 Å². The average Bonchev–Trinajstić information content (AvgIpc) is 2.79. The molecule has 1 aromatic heterocycles. The molecule has 1 aliphatic carbocycles. The number of hydrogen-bond acceptors (Lipinski definition) is 5. The van der Waals surface area contributed by atoms with Crippen LogP contribution in [-0.2, 0) is 10.0 Å². The van der Waals surface area contributed by atoms with Crippen molar-refractivity contribution >= 4 is 21.4 Å². The van der Waals surface area contributed by atoms with Crippen LogP contribution in [-0.4, -0.2) is 18.5 Å². The van der Waals surface area contributed by atoms with Gasteiger partial charge in [-0.2, -0.15) is 0 Å². The normalized spacial score (nSPS) is 19.6. The first kappa shape index (κ1) is 10.0. The van der Waals surface area contributed by atoms with Crippen molar-refractivity contribution in [3.63, 3.8) is 0 Å². The van der Waals surface area contributed by atoms with Crippen LogP contribution in [0.5, 0.6) is 0 Å². The fourth-order valence-electron chi connectivity index (χ4n) is 1.15. The van der Waals surface area contributed by atoms with Gasteiger partial charge < -0.3 is 5.11 Å². The Kier molecular flexibility index (Phi) is 2.34. The largest absolute Gasteiger partial charge is 0.386 e. The van der Waals surface area contributed by atoms with Gasteiger partial charge in [-0.15, -0.1) is 11.3 Å². The van der Waals surface area contributed by atoms with E-state index in [0.717, 1.165) is 24.2 Å². The number of primary sulfonamides is 1. The number of nitrogens with two attached hydrogens (primary N) is 1. The van der Waals surface area contributed by atoms with Crippen LogP contribution in [0.15, 0.2) is 10.4 Å². The van der Waals surface area contributed by atoms with Gasteiger partial charge >= 0.3 is 0 Å². The third kappa shape index (κ3) is 1.95. The van der Waals surface area contributed by atoms with Gasteiger partial charge in [0.1, 0.15) is 11.1 Å². The van der Waals surface area contributed by atoms with E-state index in [0.29, 0.717) is 5.01 Å².